The number of nitro benzene ring substituents is 1. The molecule has 0 fully saturated rings. The number of alkyl halides is 3. The fraction of sp³-hybridized carbons (Fsp3) is 0.0526. The minimum atomic E-state index is -4.88. The van der Waals surface area contributed by atoms with Crippen LogP contribution < -0.4 is 11.0 Å². The third-order valence-corrected chi connectivity index (χ3v) is 3.99. The number of halogens is 3. The summed E-state index contributed by atoms with van der Waals surface area (Å²) >= 11 is 0. The largest absolute Gasteiger partial charge is 0.422 e. The van der Waals surface area contributed by atoms with E-state index in [1.165, 1.54) is 0 Å². The maximum atomic E-state index is 12.9. The van der Waals surface area contributed by atoms with Gasteiger partial charge in [0.25, 0.3) is 11.2 Å². The molecule has 1 heterocycles. The van der Waals surface area contributed by atoms with Gasteiger partial charge in [-0.1, -0.05) is 36.4 Å². The summed E-state index contributed by atoms with van der Waals surface area (Å²) in [5.74, 6) is -0.138. The van der Waals surface area contributed by atoms with Crippen molar-refractivity contribution in [3.05, 3.63) is 85.7 Å². The molecule has 0 radical (unpaired) electrons. The van der Waals surface area contributed by atoms with Gasteiger partial charge in [0.15, 0.2) is 0 Å². The Morgan fingerprint density at radius 3 is 2.55 bits per heavy atom. The first-order chi connectivity index (χ1) is 14.7. The van der Waals surface area contributed by atoms with Gasteiger partial charge in [-0.25, -0.2) is 10.4 Å². The van der Waals surface area contributed by atoms with Crippen LogP contribution in [0.25, 0.3) is 11.3 Å². The number of hydrogen-bond acceptors (Lipinski definition) is 7. The van der Waals surface area contributed by atoms with Crippen LogP contribution in [0.2, 0.25) is 0 Å². The summed E-state index contributed by atoms with van der Waals surface area (Å²) < 4.78 is 38.6. The highest BCUT2D eigenvalue weighted by Gasteiger charge is 2.38. The number of nitriles is 1. The molecule has 156 valence electrons. The zero-order valence-corrected chi connectivity index (χ0v) is 15.3. The lowest BCUT2D eigenvalue weighted by Crippen LogP contribution is -2.16. The molecule has 0 aliphatic rings. The van der Waals surface area contributed by atoms with Gasteiger partial charge in [-0.15, -0.1) is 0 Å². The van der Waals surface area contributed by atoms with Gasteiger partial charge in [-0.05, 0) is 6.07 Å². The molecule has 12 heteroatoms. The lowest BCUT2D eigenvalue weighted by Gasteiger charge is -2.07. The summed E-state index contributed by atoms with van der Waals surface area (Å²) in [7, 11) is 0. The number of H-pyrrole nitrogens is 1. The molecule has 0 amide bonds. The number of nitro groups is 1. The Kier molecular flexibility index (Phi) is 5.78. The van der Waals surface area contributed by atoms with Crippen LogP contribution in [0.1, 0.15) is 16.7 Å². The molecule has 1 aromatic heterocycles. The van der Waals surface area contributed by atoms with Crippen molar-refractivity contribution in [3.63, 3.8) is 0 Å². The molecule has 2 aromatic carbocycles. The van der Waals surface area contributed by atoms with Crippen molar-refractivity contribution in [1.82, 2.24) is 9.97 Å². The number of benzene rings is 2. The first-order valence-electron chi connectivity index (χ1n) is 8.45. The quantitative estimate of drug-likeness (QED) is 0.361. The molecule has 2 N–H and O–H groups in total. The van der Waals surface area contributed by atoms with Gasteiger partial charge in [0, 0.05) is 17.2 Å². The molecule has 0 saturated heterocycles. The van der Waals surface area contributed by atoms with Gasteiger partial charge >= 0.3 is 6.18 Å². The van der Waals surface area contributed by atoms with E-state index in [0.717, 1.165) is 18.3 Å². The molecule has 9 nitrogen and oxygen atoms in total. The summed E-state index contributed by atoms with van der Waals surface area (Å²) in [5, 5.41) is 23.9. The minimum Gasteiger partial charge on any atom is -0.290 e. The topological polar surface area (TPSA) is 137 Å². The van der Waals surface area contributed by atoms with Crippen molar-refractivity contribution in [1.29, 1.82) is 5.26 Å². The Morgan fingerprint density at radius 2 is 1.94 bits per heavy atom. The molecule has 0 saturated carbocycles. The number of aromatic nitrogens is 2. The van der Waals surface area contributed by atoms with Crippen LogP contribution in [0.4, 0.5) is 24.8 Å². The number of anilines is 1. The summed E-state index contributed by atoms with van der Waals surface area (Å²) in [4.78, 5) is 28.4. The van der Waals surface area contributed by atoms with Crippen LogP contribution in [0.15, 0.2) is 58.4 Å². The zero-order chi connectivity index (χ0) is 22.6. The fourth-order valence-corrected chi connectivity index (χ4v) is 2.62. The molecule has 0 atom stereocenters. The lowest BCUT2D eigenvalue weighted by molar-refractivity contribution is -0.388. The van der Waals surface area contributed by atoms with E-state index in [2.05, 4.69) is 20.5 Å². The molecule has 3 aromatic rings. The van der Waals surface area contributed by atoms with Crippen LogP contribution in [0.3, 0.4) is 0 Å². The van der Waals surface area contributed by atoms with Gasteiger partial charge in [0.2, 0.25) is 5.95 Å². The van der Waals surface area contributed by atoms with Crippen LogP contribution in [0.5, 0.6) is 0 Å². The van der Waals surface area contributed by atoms with Crippen molar-refractivity contribution >= 4 is 17.9 Å². The maximum absolute atomic E-state index is 12.9. The number of nitrogens with zero attached hydrogens (tertiary/aromatic N) is 4. The number of aromatic amines is 1. The Hall–Kier alpha value is -4.53. The Morgan fingerprint density at radius 1 is 1.23 bits per heavy atom. The SMILES string of the molecule is N#Cc1c(-c2ccccc2)nc(NN=Cc2ccc(C(F)(F)F)c([N+](=O)[O-])c2)[nH]c1=O. The van der Waals surface area contributed by atoms with Crippen LogP contribution >= 0.6 is 0 Å². The average molecular weight is 428 g/mol. The molecule has 3 rings (SSSR count). The maximum Gasteiger partial charge on any atom is 0.422 e. The second kappa shape index (κ2) is 8.46. The van der Waals surface area contributed by atoms with Gasteiger partial charge < -0.3 is 0 Å². The molecule has 31 heavy (non-hydrogen) atoms. The van der Waals surface area contributed by atoms with Crippen LogP contribution in [-0.4, -0.2) is 21.1 Å². The van der Waals surface area contributed by atoms with Gasteiger partial charge in [0.05, 0.1) is 16.8 Å². The number of hydrazone groups is 1. The number of rotatable bonds is 5. The highest BCUT2D eigenvalue weighted by atomic mass is 19.4. The van der Waals surface area contributed by atoms with Gasteiger partial charge in [-0.3, -0.25) is 19.9 Å². The molecular weight excluding hydrogens is 417 g/mol. The second-order valence-electron chi connectivity index (χ2n) is 6.02. The van der Waals surface area contributed by atoms with Crippen molar-refractivity contribution < 1.29 is 18.1 Å². The zero-order valence-electron chi connectivity index (χ0n) is 15.3. The van der Waals surface area contributed by atoms with Crippen LogP contribution in [0, 0.1) is 21.4 Å². The van der Waals surface area contributed by atoms with E-state index in [-0.39, 0.29) is 22.8 Å². The highest BCUT2D eigenvalue weighted by molar-refractivity contribution is 5.81. The molecule has 0 aliphatic carbocycles. The molecule has 0 unspecified atom stereocenters. The first kappa shape index (κ1) is 21.2. The van der Waals surface area contributed by atoms with Crippen molar-refractivity contribution in [2.24, 2.45) is 5.10 Å². The summed E-state index contributed by atoms with van der Waals surface area (Å²) in [6, 6.07) is 12.5. The minimum absolute atomic E-state index is 0.00600. The Labute approximate surface area is 171 Å². The average Bonchev–Trinajstić information content (AvgIpc) is 2.73. The monoisotopic (exact) mass is 428 g/mol. The summed E-state index contributed by atoms with van der Waals surface area (Å²) in [6.07, 6.45) is -3.86. The molecular formula is C19H11F3N6O3. The fourth-order valence-electron chi connectivity index (χ4n) is 2.62. The Bertz CT molecular complexity index is 1260. The Balaban J connectivity index is 1.91. The summed E-state index contributed by atoms with van der Waals surface area (Å²) in [6.45, 7) is 0. The smallest absolute Gasteiger partial charge is 0.290 e. The van der Waals surface area contributed by atoms with E-state index in [0.29, 0.717) is 11.6 Å². The normalized spacial score (nSPS) is 11.3. The standard InChI is InChI=1S/C19H11F3N6O3/c20-19(21,22)14-7-6-11(8-15(14)28(30)31)10-24-27-18-25-16(12-4-2-1-3-5-12)13(9-23)17(29)26-18/h1-8,10H,(H2,25,26,27,29). The van der Waals surface area contributed by atoms with Crippen molar-refractivity contribution in [3.8, 4) is 17.3 Å². The second-order valence-corrected chi connectivity index (χ2v) is 6.02. The van der Waals surface area contributed by atoms with E-state index in [1.54, 1.807) is 36.4 Å². The van der Waals surface area contributed by atoms with Crippen molar-refractivity contribution in [2.75, 3.05) is 5.43 Å². The number of nitrogens with one attached hydrogen (secondary N) is 2. The van der Waals surface area contributed by atoms with E-state index in [4.69, 9.17) is 0 Å². The third-order valence-electron chi connectivity index (χ3n) is 3.99. The number of hydrogen-bond donors (Lipinski definition) is 2. The van der Waals surface area contributed by atoms with Gasteiger partial charge in [-0.2, -0.15) is 23.5 Å². The van der Waals surface area contributed by atoms with E-state index in [9.17, 15) is 33.3 Å². The van der Waals surface area contributed by atoms with Crippen molar-refractivity contribution in [2.45, 2.75) is 6.18 Å². The molecule has 0 bridgehead atoms. The van der Waals surface area contributed by atoms with Gasteiger partial charge in [0.1, 0.15) is 17.2 Å². The predicted molar refractivity (Wildman–Crippen MR) is 104 cm³/mol. The predicted octanol–water partition coefficient (Wildman–Crippen LogP) is 3.68. The molecule has 0 aliphatic heterocycles. The third kappa shape index (κ3) is 4.73. The van der Waals surface area contributed by atoms with E-state index >= 15 is 0 Å². The van der Waals surface area contributed by atoms with E-state index < -0.39 is 27.9 Å². The van der Waals surface area contributed by atoms with E-state index in [1.807, 2.05) is 0 Å². The lowest BCUT2D eigenvalue weighted by atomic mass is 10.1. The first-order valence-corrected chi connectivity index (χ1v) is 8.45. The highest BCUT2D eigenvalue weighted by Crippen LogP contribution is 2.36. The molecule has 0 spiro atoms. The van der Waals surface area contributed by atoms with Crippen LogP contribution in [-0.2, 0) is 6.18 Å². The summed E-state index contributed by atoms with van der Waals surface area (Å²) in [5.41, 5.74) is -0.419.